The number of hydrogen-bond donors (Lipinski definition) is 0. The summed E-state index contributed by atoms with van der Waals surface area (Å²) in [6.45, 7) is 3.92. The van der Waals surface area contributed by atoms with Crippen molar-refractivity contribution in [3.05, 3.63) is 33.9 Å². The summed E-state index contributed by atoms with van der Waals surface area (Å²) in [7, 11) is 0. The maximum Gasteiger partial charge on any atom is 0.272 e. The Bertz CT molecular complexity index is 384. The first kappa shape index (κ1) is 9.96. The molecule has 0 unspecified atom stereocenters. The highest BCUT2D eigenvalue weighted by Gasteiger charge is 2.15. The molecule has 0 bridgehead atoms. The van der Waals surface area contributed by atoms with Gasteiger partial charge < -0.3 is 4.90 Å². The van der Waals surface area contributed by atoms with Gasteiger partial charge in [-0.1, -0.05) is 0 Å². The SMILES string of the molecule is Cc1cc(N2CCCC2)ccc1[N+](=O)[O-]. The molecule has 1 aliphatic rings. The summed E-state index contributed by atoms with van der Waals surface area (Å²) in [5, 5.41) is 10.6. The van der Waals surface area contributed by atoms with Crippen molar-refractivity contribution in [2.24, 2.45) is 0 Å². The van der Waals surface area contributed by atoms with Crippen molar-refractivity contribution in [3.8, 4) is 0 Å². The van der Waals surface area contributed by atoms with E-state index in [0.29, 0.717) is 0 Å². The van der Waals surface area contributed by atoms with Gasteiger partial charge >= 0.3 is 0 Å². The highest BCUT2D eigenvalue weighted by atomic mass is 16.6. The van der Waals surface area contributed by atoms with Crippen LogP contribution in [0.2, 0.25) is 0 Å². The Morgan fingerprint density at radius 1 is 1.33 bits per heavy atom. The van der Waals surface area contributed by atoms with Gasteiger partial charge in [0.25, 0.3) is 5.69 Å². The second-order valence-corrected chi connectivity index (χ2v) is 3.92. The molecule has 80 valence electrons. The van der Waals surface area contributed by atoms with Gasteiger partial charge in [-0.15, -0.1) is 0 Å². The average Bonchev–Trinajstić information content (AvgIpc) is 2.69. The molecule has 0 N–H and O–H groups in total. The van der Waals surface area contributed by atoms with Crippen LogP contribution in [0.3, 0.4) is 0 Å². The van der Waals surface area contributed by atoms with Crippen molar-refractivity contribution in [2.75, 3.05) is 18.0 Å². The molecule has 1 heterocycles. The molecule has 4 nitrogen and oxygen atoms in total. The number of nitro groups is 1. The number of aryl methyl sites for hydroxylation is 1. The van der Waals surface area contributed by atoms with Gasteiger partial charge in [0, 0.05) is 30.4 Å². The van der Waals surface area contributed by atoms with Crippen LogP contribution in [0.5, 0.6) is 0 Å². The molecule has 1 saturated heterocycles. The normalized spacial score (nSPS) is 15.7. The van der Waals surface area contributed by atoms with Gasteiger partial charge in [-0.05, 0) is 31.9 Å². The third-order valence-corrected chi connectivity index (χ3v) is 2.85. The number of rotatable bonds is 2. The third kappa shape index (κ3) is 1.93. The molecule has 1 aromatic rings. The van der Waals surface area contributed by atoms with Gasteiger partial charge in [0.1, 0.15) is 0 Å². The first-order valence-electron chi connectivity index (χ1n) is 5.18. The van der Waals surface area contributed by atoms with E-state index in [1.165, 1.54) is 12.8 Å². The molecule has 1 aromatic carbocycles. The minimum Gasteiger partial charge on any atom is -0.372 e. The first-order valence-corrected chi connectivity index (χ1v) is 5.18. The van der Waals surface area contributed by atoms with E-state index in [9.17, 15) is 10.1 Å². The topological polar surface area (TPSA) is 46.4 Å². The molecule has 0 atom stereocenters. The predicted octanol–water partition coefficient (Wildman–Crippen LogP) is 2.50. The summed E-state index contributed by atoms with van der Waals surface area (Å²) >= 11 is 0. The lowest BCUT2D eigenvalue weighted by molar-refractivity contribution is -0.385. The minimum absolute atomic E-state index is 0.206. The van der Waals surface area contributed by atoms with Crippen LogP contribution in [0.1, 0.15) is 18.4 Å². The van der Waals surface area contributed by atoms with Crippen molar-refractivity contribution < 1.29 is 4.92 Å². The van der Waals surface area contributed by atoms with Crippen LogP contribution in [-0.2, 0) is 0 Å². The number of nitrogens with zero attached hydrogens (tertiary/aromatic N) is 2. The lowest BCUT2D eigenvalue weighted by atomic mass is 10.1. The monoisotopic (exact) mass is 206 g/mol. The summed E-state index contributed by atoms with van der Waals surface area (Å²) < 4.78 is 0. The maximum absolute atomic E-state index is 10.6. The average molecular weight is 206 g/mol. The standard InChI is InChI=1S/C11H14N2O2/c1-9-8-10(12-6-2-3-7-12)4-5-11(9)13(14)15/h4-5,8H,2-3,6-7H2,1H3. The lowest BCUT2D eigenvalue weighted by Crippen LogP contribution is -2.17. The van der Waals surface area contributed by atoms with Crippen LogP contribution in [0.4, 0.5) is 11.4 Å². The fraction of sp³-hybridized carbons (Fsp3) is 0.455. The molecule has 0 aliphatic carbocycles. The molecule has 0 saturated carbocycles. The zero-order valence-electron chi connectivity index (χ0n) is 8.77. The maximum atomic E-state index is 10.6. The Hall–Kier alpha value is -1.58. The highest BCUT2D eigenvalue weighted by Crippen LogP contribution is 2.26. The molecule has 2 rings (SSSR count). The number of benzene rings is 1. The Kier molecular flexibility index (Phi) is 2.58. The van der Waals surface area contributed by atoms with E-state index >= 15 is 0 Å². The summed E-state index contributed by atoms with van der Waals surface area (Å²) in [5.41, 5.74) is 2.05. The Labute approximate surface area is 88.7 Å². The highest BCUT2D eigenvalue weighted by molar-refractivity contribution is 5.55. The molecule has 0 radical (unpaired) electrons. The van der Waals surface area contributed by atoms with E-state index in [0.717, 1.165) is 24.3 Å². The zero-order valence-corrected chi connectivity index (χ0v) is 8.77. The fourth-order valence-corrected chi connectivity index (χ4v) is 2.02. The van der Waals surface area contributed by atoms with Gasteiger partial charge in [-0.25, -0.2) is 0 Å². The van der Waals surface area contributed by atoms with E-state index in [1.54, 1.807) is 13.0 Å². The quantitative estimate of drug-likeness (QED) is 0.551. The molecular weight excluding hydrogens is 192 g/mol. The smallest absolute Gasteiger partial charge is 0.272 e. The minimum atomic E-state index is -0.330. The largest absolute Gasteiger partial charge is 0.372 e. The molecule has 0 spiro atoms. The van der Waals surface area contributed by atoms with Crippen LogP contribution >= 0.6 is 0 Å². The molecule has 4 heteroatoms. The summed E-state index contributed by atoms with van der Waals surface area (Å²) in [6.07, 6.45) is 2.44. The van der Waals surface area contributed by atoms with Gasteiger partial charge in [-0.3, -0.25) is 10.1 Å². The Morgan fingerprint density at radius 3 is 2.53 bits per heavy atom. The number of anilines is 1. The molecular formula is C11H14N2O2. The van der Waals surface area contributed by atoms with Crippen LogP contribution in [0.15, 0.2) is 18.2 Å². The Balaban J connectivity index is 2.28. The second-order valence-electron chi connectivity index (χ2n) is 3.92. The van der Waals surface area contributed by atoms with E-state index < -0.39 is 0 Å². The van der Waals surface area contributed by atoms with E-state index in [2.05, 4.69) is 4.90 Å². The summed E-state index contributed by atoms with van der Waals surface area (Å²) in [5.74, 6) is 0. The zero-order chi connectivity index (χ0) is 10.8. The van der Waals surface area contributed by atoms with Crippen LogP contribution in [-0.4, -0.2) is 18.0 Å². The van der Waals surface area contributed by atoms with Gasteiger partial charge in [-0.2, -0.15) is 0 Å². The second kappa shape index (κ2) is 3.88. The van der Waals surface area contributed by atoms with Crippen LogP contribution in [0, 0.1) is 17.0 Å². The molecule has 1 fully saturated rings. The molecule has 0 amide bonds. The van der Waals surface area contributed by atoms with Gasteiger partial charge in [0.2, 0.25) is 0 Å². The fourth-order valence-electron chi connectivity index (χ4n) is 2.02. The van der Waals surface area contributed by atoms with Crippen LogP contribution < -0.4 is 4.90 Å². The van der Waals surface area contributed by atoms with E-state index in [4.69, 9.17) is 0 Å². The number of nitro benzene ring substituents is 1. The third-order valence-electron chi connectivity index (χ3n) is 2.85. The lowest BCUT2D eigenvalue weighted by Gasteiger charge is -2.17. The van der Waals surface area contributed by atoms with Gasteiger partial charge in [0.05, 0.1) is 4.92 Å². The molecule has 1 aliphatic heterocycles. The van der Waals surface area contributed by atoms with Crippen molar-refractivity contribution in [1.29, 1.82) is 0 Å². The summed E-state index contributed by atoms with van der Waals surface area (Å²) in [4.78, 5) is 12.6. The van der Waals surface area contributed by atoms with Crippen LogP contribution in [0.25, 0.3) is 0 Å². The Morgan fingerprint density at radius 2 is 2.00 bits per heavy atom. The van der Waals surface area contributed by atoms with Crippen molar-refractivity contribution in [1.82, 2.24) is 0 Å². The number of hydrogen-bond acceptors (Lipinski definition) is 3. The first-order chi connectivity index (χ1) is 7.18. The summed E-state index contributed by atoms with van der Waals surface area (Å²) in [6, 6.07) is 5.35. The van der Waals surface area contributed by atoms with Crippen molar-refractivity contribution in [2.45, 2.75) is 19.8 Å². The predicted molar refractivity (Wildman–Crippen MR) is 59.3 cm³/mol. The van der Waals surface area contributed by atoms with E-state index in [1.807, 2.05) is 12.1 Å². The molecule has 15 heavy (non-hydrogen) atoms. The van der Waals surface area contributed by atoms with Crippen molar-refractivity contribution in [3.63, 3.8) is 0 Å². The molecule has 0 aromatic heterocycles. The van der Waals surface area contributed by atoms with Crippen molar-refractivity contribution >= 4 is 11.4 Å². The van der Waals surface area contributed by atoms with Gasteiger partial charge in [0.15, 0.2) is 0 Å². The van der Waals surface area contributed by atoms with E-state index in [-0.39, 0.29) is 10.6 Å².